The first-order valence-electron chi connectivity index (χ1n) is 10.1. The molecule has 1 aromatic heterocycles. The highest BCUT2D eigenvalue weighted by Gasteiger charge is 2.35. The Morgan fingerprint density at radius 2 is 2.03 bits per heavy atom. The molecular formula is C23H25N3O5. The van der Waals surface area contributed by atoms with Crippen LogP contribution >= 0.6 is 0 Å². The Balaban J connectivity index is 1.88. The summed E-state index contributed by atoms with van der Waals surface area (Å²) in [4.78, 5) is 17.8. The summed E-state index contributed by atoms with van der Waals surface area (Å²) in [5, 5.41) is 13.4. The van der Waals surface area contributed by atoms with Gasteiger partial charge in [-0.25, -0.2) is 9.78 Å². The zero-order chi connectivity index (χ0) is 22.0. The summed E-state index contributed by atoms with van der Waals surface area (Å²) in [5.41, 5.74) is 3.56. The highest BCUT2D eigenvalue weighted by atomic mass is 16.6. The van der Waals surface area contributed by atoms with Crippen molar-refractivity contribution in [2.75, 3.05) is 32.2 Å². The third-order valence-electron chi connectivity index (χ3n) is 5.17. The number of aromatic nitrogens is 2. The van der Waals surface area contributed by atoms with E-state index in [0.29, 0.717) is 36.2 Å². The molecule has 1 unspecified atom stereocenters. The number of rotatable bonds is 7. The van der Waals surface area contributed by atoms with E-state index >= 15 is 0 Å². The molecule has 2 aromatic carbocycles. The molecule has 8 nitrogen and oxygen atoms in total. The minimum Gasteiger partial charge on any atom is -0.504 e. The summed E-state index contributed by atoms with van der Waals surface area (Å²) in [6, 6.07) is 12.3. The second-order valence-corrected chi connectivity index (χ2v) is 7.15. The van der Waals surface area contributed by atoms with Crippen LogP contribution in [0.15, 0.2) is 53.7 Å². The van der Waals surface area contributed by atoms with Crippen molar-refractivity contribution >= 4 is 23.0 Å². The van der Waals surface area contributed by atoms with E-state index in [1.807, 2.05) is 42.7 Å². The van der Waals surface area contributed by atoms with Gasteiger partial charge in [0.05, 0.1) is 35.9 Å². The van der Waals surface area contributed by atoms with Crippen LogP contribution in [-0.2, 0) is 14.3 Å². The normalized spacial score (nSPS) is 15.5. The minimum atomic E-state index is -0.515. The van der Waals surface area contributed by atoms with Gasteiger partial charge in [0.25, 0.3) is 0 Å². The largest absolute Gasteiger partial charge is 0.504 e. The number of nitrogens with one attached hydrogen (secondary N) is 1. The average molecular weight is 423 g/mol. The van der Waals surface area contributed by atoms with Crippen molar-refractivity contribution in [1.29, 1.82) is 0 Å². The zero-order valence-corrected chi connectivity index (χ0v) is 17.7. The fraction of sp³-hybridized carbons (Fsp3) is 0.304. The van der Waals surface area contributed by atoms with E-state index in [-0.39, 0.29) is 12.4 Å². The maximum Gasteiger partial charge on any atom is 0.338 e. The van der Waals surface area contributed by atoms with Gasteiger partial charge in [0.1, 0.15) is 6.61 Å². The fourth-order valence-electron chi connectivity index (χ4n) is 3.81. The monoisotopic (exact) mass is 423 g/mol. The van der Waals surface area contributed by atoms with Crippen molar-refractivity contribution in [3.05, 3.63) is 59.3 Å². The molecule has 3 aromatic rings. The van der Waals surface area contributed by atoms with Crippen LogP contribution in [0.2, 0.25) is 0 Å². The molecule has 0 aliphatic carbocycles. The van der Waals surface area contributed by atoms with Crippen molar-refractivity contribution in [2.24, 2.45) is 0 Å². The third-order valence-corrected chi connectivity index (χ3v) is 5.17. The summed E-state index contributed by atoms with van der Waals surface area (Å²) in [6.45, 7) is 4.54. The van der Waals surface area contributed by atoms with Crippen LogP contribution in [0.1, 0.15) is 25.5 Å². The molecule has 2 heterocycles. The predicted octanol–water partition coefficient (Wildman–Crippen LogP) is 3.62. The number of phenolic OH excluding ortho intramolecular Hbond substituents is 1. The van der Waals surface area contributed by atoms with Crippen molar-refractivity contribution in [1.82, 2.24) is 9.55 Å². The van der Waals surface area contributed by atoms with Gasteiger partial charge in [-0.3, -0.25) is 4.57 Å². The molecule has 0 saturated carbocycles. The maximum atomic E-state index is 13.1. The minimum absolute atomic E-state index is 0.0418. The summed E-state index contributed by atoms with van der Waals surface area (Å²) in [5.74, 6) is 0.583. The Morgan fingerprint density at radius 1 is 1.23 bits per heavy atom. The standard InChI is InChI=1S/C23H25N3O5/c1-4-30-19-13-15(9-10-18(19)27)21-20(22(28)31-12-11-29-3)14(2)24-23-25-16-7-5-6-8-17(16)26(21)23/h5-10,13,21,27H,4,11-12H2,1-3H3,(H,24,25). The molecule has 0 bridgehead atoms. The molecule has 2 N–H and O–H groups in total. The van der Waals surface area contributed by atoms with Gasteiger partial charge in [-0.05, 0) is 43.7 Å². The Morgan fingerprint density at radius 3 is 2.81 bits per heavy atom. The van der Waals surface area contributed by atoms with E-state index in [4.69, 9.17) is 14.2 Å². The van der Waals surface area contributed by atoms with Crippen molar-refractivity contribution < 1.29 is 24.1 Å². The van der Waals surface area contributed by atoms with Crippen LogP contribution in [0.4, 0.5) is 5.95 Å². The number of phenols is 1. The number of para-hydroxylation sites is 2. The molecule has 1 aliphatic heterocycles. The summed E-state index contributed by atoms with van der Waals surface area (Å²) in [7, 11) is 1.55. The molecule has 1 aliphatic rings. The number of benzene rings is 2. The van der Waals surface area contributed by atoms with Gasteiger partial charge in [0, 0.05) is 12.8 Å². The number of anilines is 1. The lowest BCUT2D eigenvalue weighted by molar-refractivity contribution is -0.140. The molecule has 0 fully saturated rings. The molecule has 0 saturated heterocycles. The highest BCUT2D eigenvalue weighted by molar-refractivity contribution is 5.94. The maximum absolute atomic E-state index is 13.1. The van der Waals surface area contributed by atoms with Gasteiger partial charge in [-0.2, -0.15) is 0 Å². The first kappa shape index (κ1) is 20.7. The molecule has 8 heteroatoms. The topological polar surface area (TPSA) is 94.8 Å². The molecule has 31 heavy (non-hydrogen) atoms. The van der Waals surface area contributed by atoms with Gasteiger partial charge >= 0.3 is 5.97 Å². The Kier molecular flexibility index (Phi) is 5.81. The molecule has 162 valence electrons. The highest BCUT2D eigenvalue weighted by Crippen LogP contribution is 2.41. The molecule has 0 spiro atoms. The van der Waals surface area contributed by atoms with Gasteiger partial charge < -0.3 is 24.6 Å². The van der Waals surface area contributed by atoms with Crippen molar-refractivity contribution in [3.63, 3.8) is 0 Å². The SMILES string of the molecule is CCOc1cc(C2C(C(=O)OCCOC)=C(C)Nc3nc4ccccc4n32)ccc1O. The molecular weight excluding hydrogens is 398 g/mol. The number of carbonyl (C=O) groups is 1. The van der Waals surface area contributed by atoms with Crippen LogP contribution in [0.25, 0.3) is 11.0 Å². The first-order chi connectivity index (χ1) is 15.0. The van der Waals surface area contributed by atoms with Crippen LogP contribution < -0.4 is 10.1 Å². The second kappa shape index (κ2) is 8.69. The van der Waals surface area contributed by atoms with Crippen molar-refractivity contribution in [2.45, 2.75) is 19.9 Å². The van der Waals surface area contributed by atoms with E-state index in [2.05, 4.69) is 10.3 Å². The Hall–Kier alpha value is -3.52. The van der Waals surface area contributed by atoms with E-state index in [1.165, 1.54) is 0 Å². The molecule has 1 atom stereocenters. The lowest BCUT2D eigenvalue weighted by atomic mass is 9.94. The van der Waals surface area contributed by atoms with Gasteiger partial charge in [0.15, 0.2) is 11.5 Å². The van der Waals surface area contributed by atoms with E-state index < -0.39 is 12.0 Å². The fourth-order valence-corrected chi connectivity index (χ4v) is 3.81. The van der Waals surface area contributed by atoms with E-state index in [0.717, 1.165) is 16.6 Å². The first-order valence-corrected chi connectivity index (χ1v) is 10.1. The number of carbonyl (C=O) groups excluding carboxylic acids is 1. The van der Waals surface area contributed by atoms with Crippen LogP contribution in [0.3, 0.4) is 0 Å². The van der Waals surface area contributed by atoms with Crippen molar-refractivity contribution in [3.8, 4) is 11.5 Å². The van der Waals surface area contributed by atoms with Crippen LogP contribution in [0, 0.1) is 0 Å². The van der Waals surface area contributed by atoms with E-state index in [1.54, 1.807) is 25.3 Å². The molecule has 4 rings (SSSR count). The summed E-state index contributed by atoms with van der Waals surface area (Å²) in [6.07, 6.45) is 0. The molecule has 0 amide bonds. The lowest BCUT2D eigenvalue weighted by Crippen LogP contribution is -2.29. The number of methoxy groups -OCH3 is 1. The number of imidazole rings is 1. The Labute approximate surface area is 180 Å². The number of aromatic hydroxyl groups is 1. The van der Waals surface area contributed by atoms with E-state index in [9.17, 15) is 9.90 Å². The quantitative estimate of drug-likeness (QED) is 0.443. The number of hydrogen-bond donors (Lipinski definition) is 2. The van der Waals surface area contributed by atoms with Gasteiger partial charge in [-0.15, -0.1) is 0 Å². The number of esters is 1. The summed E-state index contributed by atoms with van der Waals surface area (Å²) >= 11 is 0. The number of hydrogen-bond acceptors (Lipinski definition) is 7. The van der Waals surface area contributed by atoms with Crippen LogP contribution in [0.5, 0.6) is 11.5 Å². The average Bonchev–Trinajstić information content (AvgIpc) is 3.12. The number of ether oxygens (including phenoxy) is 3. The smallest absolute Gasteiger partial charge is 0.338 e. The zero-order valence-electron chi connectivity index (χ0n) is 17.7. The number of allylic oxidation sites excluding steroid dienone is 1. The lowest BCUT2D eigenvalue weighted by Gasteiger charge is -2.30. The molecule has 0 radical (unpaired) electrons. The van der Waals surface area contributed by atoms with Gasteiger partial charge in [-0.1, -0.05) is 18.2 Å². The third kappa shape index (κ3) is 3.82. The predicted molar refractivity (Wildman–Crippen MR) is 116 cm³/mol. The second-order valence-electron chi connectivity index (χ2n) is 7.15. The number of fused-ring (bicyclic) bond motifs is 3. The van der Waals surface area contributed by atoms with Gasteiger partial charge in [0.2, 0.25) is 5.95 Å². The summed E-state index contributed by atoms with van der Waals surface area (Å²) < 4.78 is 18.0. The Bertz CT molecular complexity index is 1150. The number of nitrogens with zero attached hydrogens (tertiary/aromatic N) is 2. The van der Waals surface area contributed by atoms with Crippen LogP contribution in [-0.4, -0.2) is 47.6 Å².